The molecule has 0 aliphatic rings. The van der Waals surface area contributed by atoms with Crippen LogP contribution in [0.2, 0.25) is 0 Å². The van der Waals surface area contributed by atoms with Crippen molar-refractivity contribution in [2.24, 2.45) is 0 Å². The number of hydrogen-bond donors (Lipinski definition) is 2. The molecule has 1 aromatic rings. The van der Waals surface area contributed by atoms with Crippen LogP contribution < -0.4 is 11.1 Å². The number of aromatic nitrogens is 1. The molecule has 1 rings (SSSR count). The normalized spacial score (nSPS) is 10.3. The van der Waals surface area contributed by atoms with Gasteiger partial charge in [-0.15, -0.1) is 0 Å². The third-order valence-electron chi connectivity index (χ3n) is 2.12. The SMILES string of the molecule is CCOCCCNc1cc(N)c(C)cn1. The maximum absolute atomic E-state index is 5.77. The molecule has 0 aliphatic carbocycles. The summed E-state index contributed by atoms with van der Waals surface area (Å²) in [6.07, 6.45) is 2.75. The first-order chi connectivity index (χ1) is 7.24. The zero-order valence-electron chi connectivity index (χ0n) is 9.42. The summed E-state index contributed by atoms with van der Waals surface area (Å²) in [7, 11) is 0. The molecule has 4 heteroatoms. The summed E-state index contributed by atoms with van der Waals surface area (Å²) in [6, 6.07) is 1.86. The molecule has 15 heavy (non-hydrogen) atoms. The number of anilines is 2. The number of pyridine rings is 1. The highest BCUT2D eigenvalue weighted by Crippen LogP contribution is 2.13. The second-order valence-corrected chi connectivity index (χ2v) is 3.40. The smallest absolute Gasteiger partial charge is 0.127 e. The summed E-state index contributed by atoms with van der Waals surface area (Å²) in [5, 5.41) is 3.20. The van der Waals surface area contributed by atoms with E-state index in [4.69, 9.17) is 10.5 Å². The fourth-order valence-corrected chi connectivity index (χ4v) is 1.17. The van der Waals surface area contributed by atoms with Gasteiger partial charge in [0.25, 0.3) is 0 Å². The largest absolute Gasteiger partial charge is 0.398 e. The van der Waals surface area contributed by atoms with E-state index < -0.39 is 0 Å². The molecular formula is C11H19N3O. The molecule has 0 saturated carbocycles. The average Bonchev–Trinajstić information content (AvgIpc) is 2.23. The quantitative estimate of drug-likeness (QED) is 0.701. The van der Waals surface area contributed by atoms with Gasteiger partial charge in [0.05, 0.1) is 0 Å². The van der Waals surface area contributed by atoms with Crippen LogP contribution in [0.1, 0.15) is 18.9 Å². The van der Waals surface area contributed by atoms with Gasteiger partial charge in [0.15, 0.2) is 0 Å². The molecule has 1 aromatic heterocycles. The fraction of sp³-hybridized carbons (Fsp3) is 0.545. The number of rotatable bonds is 6. The first-order valence-corrected chi connectivity index (χ1v) is 5.27. The Bertz CT molecular complexity index is 302. The lowest BCUT2D eigenvalue weighted by Gasteiger charge is -2.07. The predicted octanol–water partition coefficient (Wildman–Crippen LogP) is 1.81. The Morgan fingerprint density at radius 2 is 2.33 bits per heavy atom. The van der Waals surface area contributed by atoms with E-state index in [-0.39, 0.29) is 0 Å². The molecule has 0 aromatic carbocycles. The molecule has 1 heterocycles. The van der Waals surface area contributed by atoms with Crippen LogP contribution in [-0.4, -0.2) is 24.7 Å². The minimum Gasteiger partial charge on any atom is -0.398 e. The molecule has 4 nitrogen and oxygen atoms in total. The van der Waals surface area contributed by atoms with E-state index in [1.165, 1.54) is 0 Å². The molecule has 3 N–H and O–H groups in total. The molecule has 0 atom stereocenters. The zero-order valence-corrected chi connectivity index (χ0v) is 9.42. The number of ether oxygens (including phenoxy) is 1. The molecule has 0 fully saturated rings. The van der Waals surface area contributed by atoms with E-state index in [0.29, 0.717) is 0 Å². The highest BCUT2D eigenvalue weighted by atomic mass is 16.5. The van der Waals surface area contributed by atoms with Gasteiger partial charge in [0.1, 0.15) is 5.82 Å². The summed E-state index contributed by atoms with van der Waals surface area (Å²) in [5.41, 5.74) is 7.55. The molecule has 0 bridgehead atoms. The van der Waals surface area contributed by atoms with Crippen LogP contribution in [0, 0.1) is 6.92 Å². The van der Waals surface area contributed by atoms with Crippen molar-refractivity contribution in [3.8, 4) is 0 Å². The minimum atomic E-state index is 0.774. The second kappa shape index (κ2) is 6.24. The lowest BCUT2D eigenvalue weighted by Crippen LogP contribution is -2.07. The number of hydrogen-bond acceptors (Lipinski definition) is 4. The topological polar surface area (TPSA) is 60.2 Å². The van der Waals surface area contributed by atoms with Gasteiger partial charge < -0.3 is 15.8 Å². The fourth-order valence-electron chi connectivity index (χ4n) is 1.17. The third-order valence-corrected chi connectivity index (χ3v) is 2.12. The van der Waals surface area contributed by atoms with Crippen molar-refractivity contribution >= 4 is 11.5 Å². The maximum Gasteiger partial charge on any atom is 0.127 e. The van der Waals surface area contributed by atoms with Crippen LogP contribution in [0.25, 0.3) is 0 Å². The molecule has 84 valence electrons. The first-order valence-electron chi connectivity index (χ1n) is 5.27. The maximum atomic E-state index is 5.77. The molecule has 0 aliphatic heterocycles. The lowest BCUT2D eigenvalue weighted by molar-refractivity contribution is 0.147. The van der Waals surface area contributed by atoms with Gasteiger partial charge >= 0.3 is 0 Å². The highest BCUT2D eigenvalue weighted by molar-refractivity contribution is 5.53. The van der Waals surface area contributed by atoms with Crippen molar-refractivity contribution < 1.29 is 4.74 Å². The second-order valence-electron chi connectivity index (χ2n) is 3.40. The van der Waals surface area contributed by atoms with Crippen LogP contribution in [0.15, 0.2) is 12.3 Å². The van der Waals surface area contributed by atoms with Crippen LogP contribution in [0.5, 0.6) is 0 Å². The standard InChI is InChI=1S/C11H19N3O/c1-3-15-6-4-5-13-11-7-10(12)9(2)8-14-11/h7-8H,3-6H2,1-2H3,(H3,12,13,14). The Balaban J connectivity index is 2.28. The van der Waals surface area contributed by atoms with E-state index >= 15 is 0 Å². The van der Waals surface area contributed by atoms with E-state index in [1.54, 1.807) is 6.20 Å². The number of aryl methyl sites for hydroxylation is 1. The summed E-state index contributed by atoms with van der Waals surface area (Å²) in [6.45, 7) is 6.35. The van der Waals surface area contributed by atoms with Gasteiger partial charge in [-0.2, -0.15) is 0 Å². The zero-order chi connectivity index (χ0) is 11.1. The van der Waals surface area contributed by atoms with E-state index in [2.05, 4.69) is 10.3 Å². The van der Waals surface area contributed by atoms with Gasteiger partial charge in [0, 0.05) is 37.7 Å². The molecule has 0 amide bonds. The predicted molar refractivity (Wildman–Crippen MR) is 63.0 cm³/mol. The van der Waals surface area contributed by atoms with Gasteiger partial charge in [0.2, 0.25) is 0 Å². The summed E-state index contributed by atoms with van der Waals surface area (Å²) >= 11 is 0. The van der Waals surface area contributed by atoms with Gasteiger partial charge in [-0.1, -0.05) is 0 Å². The summed E-state index contributed by atoms with van der Waals surface area (Å²) < 4.78 is 5.23. The Morgan fingerprint density at radius 3 is 3.00 bits per heavy atom. The van der Waals surface area contributed by atoms with Crippen molar-refractivity contribution in [1.29, 1.82) is 0 Å². The molecule has 0 radical (unpaired) electrons. The number of nitrogens with zero attached hydrogens (tertiary/aromatic N) is 1. The van der Waals surface area contributed by atoms with E-state index in [1.807, 2.05) is 19.9 Å². The Kier molecular flexibility index (Phi) is 4.90. The first kappa shape index (κ1) is 11.8. The lowest BCUT2D eigenvalue weighted by atomic mass is 10.2. The van der Waals surface area contributed by atoms with Gasteiger partial charge in [-0.05, 0) is 25.8 Å². The van der Waals surface area contributed by atoms with Crippen molar-refractivity contribution in [1.82, 2.24) is 4.98 Å². The molecule has 0 saturated heterocycles. The van der Waals surface area contributed by atoms with Crippen molar-refractivity contribution in [3.05, 3.63) is 17.8 Å². The number of nitrogens with one attached hydrogen (secondary N) is 1. The average molecular weight is 209 g/mol. The van der Waals surface area contributed by atoms with E-state index in [0.717, 1.165) is 43.2 Å². The molecule has 0 spiro atoms. The third kappa shape index (κ3) is 4.16. The van der Waals surface area contributed by atoms with Crippen LogP contribution in [0.3, 0.4) is 0 Å². The Labute approximate surface area is 90.8 Å². The number of nitrogen functional groups attached to an aromatic ring is 1. The number of nitrogens with two attached hydrogens (primary N) is 1. The monoisotopic (exact) mass is 209 g/mol. The van der Waals surface area contributed by atoms with Crippen LogP contribution in [-0.2, 0) is 4.74 Å². The van der Waals surface area contributed by atoms with Crippen molar-refractivity contribution in [3.63, 3.8) is 0 Å². The Hall–Kier alpha value is -1.29. The summed E-state index contributed by atoms with van der Waals surface area (Å²) in [5.74, 6) is 0.828. The van der Waals surface area contributed by atoms with Gasteiger partial charge in [-0.3, -0.25) is 0 Å². The summed E-state index contributed by atoms with van der Waals surface area (Å²) in [4.78, 5) is 4.22. The van der Waals surface area contributed by atoms with Crippen molar-refractivity contribution in [2.75, 3.05) is 30.8 Å². The Morgan fingerprint density at radius 1 is 1.53 bits per heavy atom. The van der Waals surface area contributed by atoms with Crippen molar-refractivity contribution in [2.45, 2.75) is 20.3 Å². The molecule has 0 unspecified atom stereocenters. The van der Waals surface area contributed by atoms with Crippen LogP contribution in [0.4, 0.5) is 11.5 Å². The molecular weight excluding hydrogens is 190 g/mol. The minimum absolute atomic E-state index is 0.774. The van der Waals surface area contributed by atoms with Crippen LogP contribution >= 0.6 is 0 Å². The van der Waals surface area contributed by atoms with E-state index in [9.17, 15) is 0 Å². The van der Waals surface area contributed by atoms with Gasteiger partial charge in [-0.25, -0.2) is 4.98 Å². The highest BCUT2D eigenvalue weighted by Gasteiger charge is 1.97.